The normalized spacial score (nSPS) is 13.6. The van der Waals surface area contributed by atoms with Gasteiger partial charge >= 0.3 is 5.69 Å². The van der Waals surface area contributed by atoms with E-state index >= 15 is 0 Å². The molecule has 0 saturated heterocycles. The second-order valence-electron chi connectivity index (χ2n) is 3.90. The number of hydrogen-bond donors (Lipinski definition) is 2. The van der Waals surface area contributed by atoms with Gasteiger partial charge in [-0.3, -0.25) is 25.0 Å². The number of nitro groups is 2. The van der Waals surface area contributed by atoms with Crippen LogP contribution in [0.5, 0.6) is 0 Å². The van der Waals surface area contributed by atoms with Gasteiger partial charge in [0.25, 0.3) is 5.69 Å². The van der Waals surface area contributed by atoms with E-state index in [1.54, 1.807) is 0 Å². The van der Waals surface area contributed by atoms with Gasteiger partial charge < -0.3 is 11.5 Å². The maximum Gasteiger partial charge on any atom is 0.311 e. The molecule has 102 valence electrons. The zero-order valence-electron chi connectivity index (χ0n) is 9.62. The number of nitrogens with zero attached hydrogens (tertiary/aromatic N) is 2. The third-order valence-electron chi connectivity index (χ3n) is 2.53. The Morgan fingerprint density at radius 2 is 1.74 bits per heavy atom. The van der Waals surface area contributed by atoms with E-state index in [1.807, 2.05) is 0 Å². The molecule has 0 saturated carbocycles. The lowest BCUT2D eigenvalue weighted by Gasteiger charge is -2.20. The monoisotopic (exact) mass is 272 g/mol. The van der Waals surface area contributed by atoms with Crippen LogP contribution in [-0.2, 0) is 10.3 Å². The van der Waals surface area contributed by atoms with Crippen LogP contribution in [0.2, 0.25) is 0 Å². The Hall–Kier alpha value is -2.62. The third kappa shape index (κ3) is 2.47. The fourth-order valence-electron chi connectivity index (χ4n) is 1.39. The fraction of sp³-hybridized carbons (Fsp3) is 0.222. The SMILES string of the molecule is C[C@](N)(C(N)=O)c1cc(F)c([N+](=O)[O-])cc1[N+](=O)[O-]. The molecule has 1 atom stereocenters. The van der Waals surface area contributed by atoms with Crippen molar-refractivity contribution >= 4 is 17.3 Å². The van der Waals surface area contributed by atoms with E-state index in [0.29, 0.717) is 12.1 Å². The minimum atomic E-state index is -2.03. The first-order valence-electron chi connectivity index (χ1n) is 4.80. The van der Waals surface area contributed by atoms with Gasteiger partial charge in [0, 0.05) is 0 Å². The number of halogens is 1. The minimum absolute atomic E-state index is 0.402. The summed E-state index contributed by atoms with van der Waals surface area (Å²) in [4.78, 5) is 30.4. The molecule has 1 aromatic rings. The lowest BCUT2D eigenvalue weighted by molar-refractivity contribution is -0.396. The van der Waals surface area contributed by atoms with Crippen LogP contribution in [0, 0.1) is 26.0 Å². The molecular weight excluding hydrogens is 263 g/mol. The summed E-state index contributed by atoms with van der Waals surface area (Å²) in [5.41, 5.74) is 5.97. The van der Waals surface area contributed by atoms with Crippen LogP contribution in [0.25, 0.3) is 0 Å². The van der Waals surface area contributed by atoms with Crippen molar-refractivity contribution in [2.24, 2.45) is 11.5 Å². The zero-order valence-corrected chi connectivity index (χ0v) is 9.62. The molecule has 0 aliphatic heterocycles. The van der Waals surface area contributed by atoms with Crippen molar-refractivity contribution < 1.29 is 19.0 Å². The summed E-state index contributed by atoms with van der Waals surface area (Å²) < 4.78 is 13.5. The molecule has 0 radical (unpaired) electrons. The van der Waals surface area contributed by atoms with Gasteiger partial charge in [0.05, 0.1) is 21.5 Å². The number of hydrogen-bond acceptors (Lipinski definition) is 6. The van der Waals surface area contributed by atoms with Crippen LogP contribution < -0.4 is 11.5 Å². The Balaban J connectivity index is 3.66. The molecular formula is C9H9FN4O5. The standard InChI is InChI=1S/C9H9FN4O5/c1-9(12,8(11)15)4-2-5(10)7(14(18)19)3-6(4)13(16)17/h2-3H,12H2,1H3,(H2,11,15)/t9-/m1/s1. The van der Waals surface area contributed by atoms with Crippen LogP contribution in [0.4, 0.5) is 15.8 Å². The fourth-order valence-corrected chi connectivity index (χ4v) is 1.39. The van der Waals surface area contributed by atoms with E-state index in [4.69, 9.17) is 11.5 Å². The number of amides is 1. The number of rotatable bonds is 4. The molecule has 1 aromatic carbocycles. The molecule has 0 bridgehead atoms. The maximum absolute atomic E-state index is 13.5. The Labute approximate surface area is 105 Å². The van der Waals surface area contributed by atoms with Crippen molar-refractivity contribution in [2.75, 3.05) is 0 Å². The summed E-state index contributed by atoms with van der Waals surface area (Å²) in [6.07, 6.45) is 0. The van der Waals surface area contributed by atoms with Crippen LogP contribution in [0.1, 0.15) is 12.5 Å². The lowest BCUT2D eigenvalue weighted by atomic mass is 9.90. The highest BCUT2D eigenvalue weighted by Crippen LogP contribution is 2.33. The smallest absolute Gasteiger partial charge is 0.311 e. The van der Waals surface area contributed by atoms with E-state index < -0.39 is 44.0 Å². The Morgan fingerprint density at radius 1 is 1.26 bits per heavy atom. The van der Waals surface area contributed by atoms with Crippen LogP contribution in [-0.4, -0.2) is 15.8 Å². The van der Waals surface area contributed by atoms with Crippen molar-refractivity contribution in [3.8, 4) is 0 Å². The van der Waals surface area contributed by atoms with Crippen LogP contribution in [0.3, 0.4) is 0 Å². The molecule has 0 aliphatic carbocycles. The summed E-state index contributed by atoms with van der Waals surface area (Å²) in [5, 5.41) is 21.3. The quantitative estimate of drug-likeness (QED) is 0.593. The Bertz CT molecular complexity index is 586. The van der Waals surface area contributed by atoms with Crippen molar-refractivity contribution in [1.29, 1.82) is 0 Å². The highest BCUT2D eigenvalue weighted by atomic mass is 19.1. The number of carbonyl (C=O) groups is 1. The topological polar surface area (TPSA) is 155 Å². The highest BCUT2D eigenvalue weighted by molar-refractivity contribution is 5.87. The molecule has 0 aromatic heterocycles. The number of nitrogens with two attached hydrogens (primary N) is 2. The van der Waals surface area contributed by atoms with E-state index in [9.17, 15) is 29.4 Å². The molecule has 19 heavy (non-hydrogen) atoms. The van der Waals surface area contributed by atoms with Gasteiger partial charge in [-0.15, -0.1) is 0 Å². The van der Waals surface area contributed by atoms with Gasteiger partial charge in [0.2, 0.25) is 11.7 Å². The summed E-state index contributed by atoms with van der Waals surface area (Å²) in [5.74, 6) is -2.48. The predicted octanol–water partition coefficient (Wildman–Crippen LogP) is 0.301. The van der Waals surface area contributed by atoms with Crippen LogP contribution >= 0.6 is 0 Å². The molecule has 4 N–H and O–H groups in total. The first-order chi connectivity index (χ1) is 8.59. The average molecular weight is 272 g/mol. The first-order valence-corrected chi connectivity index (χ1v) is 4.80. The summed E-state index contributed by atoms with van der Waals surface area (Å²) in [6.45, 7) is 1.04. The van der Waals surface area contributed by atoms with E-state index in [1.165, 1.54) is 0 Å². The summed E-state index contributed by atoms with van der Waals surface area (Å²) in [6, 6.07) is 0.875. The molecule has 0 spiro atoms. The lowest BCUT2D eigenvalue weighted by Crippen LogP contribution is -2.46. The third-order valence-corrected chi connectivity index (χ3v) is 2.53. The number of nitro benzene ring substituents is 2. The largest absolute Gasteiger partial charge is 0.368 e. The van der Waals surface area contributed by atoms with E-state index in [2.05, 4.69) is 0 Å². The molecule has 0 fully saturated rings. The Morgan fingerprint density at radius 3 is 2.11 bits per heavy atom. The first kappa shape index (κ1) is 14.4. The number of carbonyl (C=O) groups excluding carboxylic acids is 1. The maximum atomic E-state index is 13.5. The van der Waals surface area contributed by atoms with Crippen molar-refractivity contribution in [3.05, 3.63) is 43.7 Å². The van der Waals surface area contributed by atoms with Crippen molar-refractivity contribution in [3.63, 3.8) is 0 Å². The molecule has 0 unspecified atom stereocenters. The van der Waals surface area contributed by atoms with Gasteiger partial charge in [-0.25, -0.2) is 0 Å². The van der Waals surface area contributed by atoms with Crippen molar-refractivity contribution in [1.82, 2.24) is 0 Å². The van der Waals surface area contributed by atoms with Gasteiger partial charge in [-0.2, -0.15) is 4.39 Å². The second-order valence-corrected chi connectivity index (χ2v) is 3.90. The molecule has 10 heteroatoms. The van der Waals surface area contributed by atoms with E-state index in [-0.39, 0.29) is 0 Å². The van der Waals surface area contributed by atoms with Gasteiger partial charge in [0.1, 0.15) is 5.54 Å². The summed E-state index contributed by atoms with van der Waals surface area (Å²) >= 11 is 0. The molecule has 0 aliphatic rings. The number of primary amides is 1. The second kappa shape index (κ2) is 4.57. The molecule has 1 rings (SSSR count). The minimum Gasteiger partial charge on any atom is -0.368 e. The molecule has 9 nitrogen and oxygen atoms in total. The molecule has 0 heterocycles. The van der Waals surface area contributed by atoms with Gasteiger partial charge in [-0.05, 0) is 13.0 Å². The van der Waals surface area contributed by atoms with Gasteiger partial charge in [-0.1, -0.05) is 0 Å². The molecule has 1 amide bonds. The Kier molecular flexibility index (Phi) is 3.47. The highest BCUT2D eigenvalue weighted by Gasteiger charge is 2.37. The average Bonchev–Trinajstić information content (AvgIpc) is 2.27. The predicted molar refractivity (Wildman–Crippen MR) is 60.4 cm³/mol. The van der Waals surface area contributed by atoms with Gasteiger partial charge in [0.15, 0.2) is 0 Å². The zero-order chi connectivity index (χ0) is 15.0. The van der Waals surface area contributed by atoms with Crippen LogP contribution in [0.15, 0.2) is 12.1 Å². The number of benzene rings is 1. The van der Waals surface area contributed by atoms with E-state index in [0.717, 1.165) is 6.92 Å². The van der Waals surface area contributed by atoms with Crippen molar-refractivity contribution in [2.45, 2.75) is 12.5 Å². The summed E-state index contributed by atoms with van der Waals surface area (Å²) in [7, 11) is 0.